The molecule has 0 fully saturated rings. The van der Waals surface area contributed by atoms with Crippen molar-refractivity contribution in [3.63, 3.8) is 0 Å². The fraction of sp³-hybridized carbons (Fsp3) is 0. The van der Waals surface area contributed by atoms with E-state index < -0.39 is 5.82 Å². The topological polar surface area (TPSA) is 4.36 Å². The van der Waals surface area contributed by atoms with E-state index in [4.69, 9.17) is 18.2 Å². The van der Waals surface area contributed by atoms with E-state index in [9.17, 15) is 4.39 Å². The van der Waals surface area contributed by atoms with Crippen molar-refractivity contribution < 1.29 is 4.39 Å². The number of rotatable bonds is 1. The van der Waals surface area contributed by atoms with Crippen molar-refractivity contribution in [1.82, 2.24) is 0 Å². The Balaban J connectivity index is 2.99. The van der Waals surface area contributed by atoms with Crippen LogP contribution in [0.5, 0.6) is 0 Å². The maximum absolute atomic E-state index is 12.8. The van der Waals surface area contributed by atoms with Crippen LogP contribution in [0.1, 0.15) is 5.56 Å². The standard InChI is InChI=1S/C9H5ClFN/c1-12-5-4-7-2-3-8(10)9(11)6-7/h2-6H/b5-4+. The Bertz CT molecular complexity index is 352. The van der Waals surface area contributed by atoms with Crippen molar-refractivity contribution in [2.75, 3.05) is 0 Å². The molecule has 0 saturated carbocycles. The number of nitrogens with zero attached hydrogens (tertiary/aromatic N) is 1. The van der Waals surface area contributed by atoms with E-state index in [-0.39, 0.29) is 5.02 Å². The predicted molar refractivity (Wildman–Crippen MR) is 47.0 cm³/mol. The molecule has 1 nitrogen and oxygen atoms in total. The highest BCUT2D eigenvalue weighted by Gasteiger charge is 1.97. The van der Waals surface area contributed by atoms with Crippen LogP contribution in [-0.4, -0.2) is 0 Å². The lowest BCUT2D eigenvalue weighted by atomic mass is 10.2. The van der Waals surface area contributed by atoms with Gasteiger partial charge in [0.05, 0.1) is 11.6 Å². The van der Waals surface area contributed by atoms with Gasteiger partial charge in [-0.05, 0) is 17.7 Å². The third-order valence-corrected chi connectivity index (χ3v) is 1.59. The van der Waals surface area contributed by atoms with Gasteiger partial charge >= 0.3 is 0 Å². The minimum atomic E-state index is -0.469. The van der Waals surface area contributed by atoms with Gasteiger partial charge in [0.2, 0.25) is 0 Å². The molecule has 1 aromatic rings. The second-order valence-corrected chi connectivity index (χ2v) is 2.53. The molecule has 0 N–H and O–H groups in total. The van der Waals surface area contributed by atoms with Gasteiger partial charge < -0.3 is 0 Å². The maximum Gasteiger partial charge on any atom is 0.154 e. The molecular formula is C9H5ClFN. The molecule has 0 aliphatic rings. The SMILES string of the molecule is [C-]#[N+]/C=C/c1ccc(Cl)c(F)c1. The largest absolute Gasteiger partial charge is 0.246 e. The van der Waals surface area contributed by atoms with Gasteiger partial charge in [-0.2, -0.15) is 0 Å². The van der Waals surface area contributed by atoms with Crippen LogP contribution in [0, 0.1) is 12.4 Å². The molecule has 60 valence electrons. The lowest BCUT2D eigenvalue weighted by Gasteiger charge is -1.94. The summed E-state index contributed by atoms with van der Waals surface area (Å²) in [5, 5.41) is 0.0926. The van der Waals surface area contributed by atoms with Gasteiger partial charge in [-0.25, -0.2) is 9.24 Å². The zero-order chi connectivity index (χ0) is 8.97. The second kappa shape index (κ2) is 3.89. The zero-order valence-electron chi connectivity index (χ0n) is 6.09. The summed E-state index contributed by atoms with van der Waals surface area (Å²) in [5.74, 6) is -0.469. The van der Waals surface area contributed by atoms with Crippen molar-refractivity contribution in [1.29, 1.82) is 0 Å². The molecule has 0 spiro atoms. The fourth-order valence-corrected chi connectivity index (χ4v) is 0.857. The Hall–Kier alpha value is -1.33. The Morgan fingerprint density at radius 3 is 2.83 bits per heavy atom. The molecule has 0 aliphatic carbocycles. The van der Waals surface area contributed by atoms with Gasteiger partial charge in [0, 0.05) is 0 Å². The molecule has 0 saturated heterocycles. The molecule has 0 aromatic heterocycles. The summed E-state index contributed by atoms with van der Waals surface area (Å²) in [6.45, 7) is 6.47. The van der Waals surface area contributed by atoms with Crippen LogP contribution in [0.4, 0.5) is 4.39 Å². The van der Waals surface area contributed by atoms with E-state index in [1.165, 1.54) is 24.4 Å². The molecule has 12 heavy (non-hydrogen) atoms. The van der Waals surface area contributed by atoms with Crippen molar-refractivity contribution in [2.45, 2.75) is 0 Å². The average Bonchev–Trinajstić information content (AvgIpc) is 2.07. The molecule has 0 heterocycles. The lowest BCUT2D eigenvalue weighted by Crippen LogP contribution is -1.77. The summed E-state index contributed by atoms with van der Waals surface area (Å²) in [6, 6.07) is 4.39. The van der Waals surface area contributed by atoms with Crippen LogP contribution in [0.25, 0.3) is 10.9 Å². The number of hydrogen-bond acceptors (Lipinski definition) is 0. The normalized spacial score (nSPS) is 10.1. The minimum Gasteiger partial charge on any atom is -0.246 e. The van der Waals surface area contributed by atoms with Gasteiger partial charge in [-0.3, -0.25) is 0 Å². The monoisotopic (exact) mass is 181 g/mol. The highest BCUT2D eigenvalue weighted by Crippen LogP contribution is 2.16. The Kier molecular flexibility index (Phi) is 2.84. The van der Waals surface area contributed by atoms with Crippen molar-refractivity contribution >= 4 is 17.7 Å². The number of halogens is 2. The molecule has 1 rings (SSSR count). The summed E-state index contributed by atoms with van der Waals surface area (Å²) in [6.07, 6.45) is 2.79. The summed E-state index contributed by atoms with van der Waals surface area (Å²) < 4.78 is 12.8. The first-order chi connectivity index (χ1) is 5.74. The quantitative estimate of drug-likeness (QED) is 0.585. The van der Waals surface area contributed by atoms with Gasteiger partial charge in [-0.15, -0.1) is 0 Å². The van der Waals surface area contributed by atoms with E-state index in [0.717, 1.165) is 0 Å². The fourth-order valence-electron chi connectivity index (χ4n) is 0.739. The summed E-state index contributed by atoms with van der Waals surface area (Å²) in [7, 11) is 0. The van der Waals surface area contributed by atoms with Crippen molar-refractivity contribution in [3.05, 3.63) is 52.2 Å². The molecular weight excluding hydrogens is 177 g/mol. The van der Waals surface area contributed by atoms with Crippen molar-refractivity contribution in [3.8, 4) is 0 Å². The van der Waals surface area contributed by atoms with Crippen LogP contribution in [0.2, 0.25) is 5.02 Å². The lowest BCUT2D eigenvalue weighted by molar-refractivity contribution is 0.628. The van der Waals surface area contributed by atoms with Gasteiger partial charge in [-0.1, -0.05) is 23.7 Å². The highest BCUT2D eigenvalue weighted by atomic mass is 35.5. The third kappa shape index (κ3) is 2.08. The number of benzene rings is 1. The van der Waals surface area contributed by atoms with E-state index in [1.54, 1.807) is 6.07 Å². The molecule has 0 bridgehead atoms. The Morgan fingerprint density at radius 1 is 1.50 bits per heavy atom. The minimum absolute atomic E-state index is 0.0926. The average molecular weight is 182 g/mol. The summed E-state index contributed by atoms with van der Waals surface area (Å²) in [4.78, 5) is 3.00. The molecule has 0 unspecified atom stereocenters. The first kappa shape index (κ1) is 8.76. The molecule has 0 radical (unpaired) electrons. The van der Waals surface area contributed by atoms with Crippen LogP contribution < -0.4 is 0 Å². The predicted octanol–water partition coefficient (Wildman–Crippen LogP) is 3.37. The molecule has 0 amide bonds. The summed E-state index contributed by atoms with van der Waals surface area (Å²) in [5.41, 5.74) is 0.632. The maximum atomic E-state index is 12.8. The third-order valence-electron chi connectivity index (χ3n) is 1.29. The van der Waals surface area contributed by atoms with Gasteiger partial charge in [0.25, 0.3) is 0 Å². The van der Waals surface area contributed by atoms with Crippen LogP contribution in [-0.2, 0) is 0 Å². The van der Waals surface area contributed by atoms with Crippen molar-refractivity contribution in [2.24, 2.45) is 0 Å². The molecule has 3 heteroatoms. The van der Waals surface area contributed by atoms with Crippen LogP contribution in [0.3, 0.4) is 0 Å². The van der Waals surface area contributed by atoms with Crippen LogP contribution >= 0.6 is 11.6 Å². The molecule has 0 atom stereocenters. The molecule has 0 aliphatic heterocycles. The Labute approximate surface area is 74.9 Å². The smallest absolute Gasteiger partial charge is 0.154 e. The van der Waals surface area contributed by atoms with E-state index in [2.05, 4.69) is 4.85 Å². The Morgan fingerprint density at radius 2 is 2.25 bits per heavy atom. The first-order valence-corrected chi connectivity index (χ1v) is 3.60. The van der Waals surface area contributed by atoms with Gasteiger partial charge in [0.15, 0.2) is 6.20 Å². The zero-order valence-corrected chi connectivity index (χ0v) is 6.85. The van der Waals surface area contributed by atoms with E-state index >= 15 is 0 Å². The van der Waals surface area contributed by atoms with E-state index in [0.29, 0.717) is 5.56 Å². The summed E-state index contributed by atoms with van der Waals surface area (Å²) >= 11 is 5.46. The molecule has 1 aromatic carbocycles. The first-order valence-electron chi connectivity index (χ1n) is 3.22. The van der Waals surface area contributed by atoms with Crippen LogP contribution in [0.15, 0.2) is 24.4 Å². The van der Waals surface area contributed by atoms with E-state index in [1.807, 2.05) is 0 Å². The number of hydrogen-bond donors (Lipinski definition) is 0. The highest BCUT2D eigenvalue weighted by molar-refractivity contribution is 6.30. The van der Waals surface area contributed by atoms with Gasteiger partial charge in [0.1, 0.15) is 5.82 Å². The second-order valence-electron chi connectivity index (χ2n) is 2.12.